The Morgan fingerprint density at radius 1 is 1.42 bits per heavy atom. The van der Waals surface area contributed by atoms with Crippen LogP contribution in [0.15, 0.2) is 29.4 Å². The number of nitrogens with two attached hydrogens (primary N) is 1. The Balaban J connectivity index is 2.41. The first-order valence-electron chi connectivity index (χ1n) is 5.58. The molecule has 0 aliphatic carbocycles. The summed E-state index contributed by atoms with van der Waals surface area (Å²) >= 11 is 5.92. The van der Waals surface area contributed by atoms with Gasteiger partial charge in [0.05, 0.1) is 9.92 Å². The third-order valence-electron chi connectivity index (χ3n) is 2.60. The van der Waals surface area contributed by atoms with Gasteiger partial charge < -0.3 is 5.73 Å². The lowest BCUT2D eigenvalue weighted by Crippen LogP contribution is -2.12. The Kier molecular flexibility index (Phi) is 3.77. The Bertz CT molecular complexity index is 696. The molecule has 0 unspecified atom stereocenters. The normalized spacial score (nSPS) is 11.7. The van der Waals surface area contributed by atoms with Crippen LogP contribution in [0, 0.1) is 0 Å². The summed E-state index contributed by atoms with van der Waals surface area (Å²) in [5.74, 6) is 0.116. The minimum atomic E-state index is -3.60. The average molecular weight is 301 g/mol. The first-order chi connectivity index (χ1) is 8.94. The topological polar surface area (TPSA) is 90.9 Å². The zero-order valence-corrected chi connectivity index (χ0v) is 11.8. The van der Waals surface area contributed by atoms with Crippen LogP contribution in [0.25, 0.3) is 0 Å². The summed E-state index contributed by atoms with van der Waals surface area (Å²) in [6, 6.07) is 4.37. The quantitative estimate of drug-likeness (QED) is 0.864. The summed E-state index contributed by atoms with van der Waals surface area (Å²) in [5.41, 5.74) is 5.94. The van der Waals surface area contributed by atoms with Gasteiger partial charge in [-0.2, -0.15) is 5.10 Å². The molecular formula is C11H13ClN4O2S. The molecule has 2 N–H and O–H groups in total. The minimum absolute atomic E-state index is 0.0137. The van der Waals surface area contributed by atoms with Gasteiger partial charge in [-0.25, -0.2) is 18.1 Å². The number of nitrogen functional groups attached to an aromatic ring is 1. The standard InChI is InChI=1S/C11H13ClN4O2S/c1-2-16-11(14-7-15-16)6-19(17,18)10-5-8(13)3-4-9(10)12/h3-5,7H,2,6,13H2,1H3. The second-order valence-electron chi connectivity index (χ2n) is 3.94. The minimum Gasteiger partial charge on any atom is -0.399 e. The second kappa shape index (κ2) is 5.18. The predicted molar refractivity (Wildman–Crippen MR) is 72.5 cm³/mol. The van der Waals surface area contributed by atoms with Gasteiger partial charge in [-0.05, 0) is 25.1 Å². The fourth-order valence-electron chi connectivity index (χ4n) is 1.67. The molecule has 0 aliphatic rings. The average Bonchev–Trinajstić information content (AvgIpc) is 2.78. The molecule has 1 aromatic carbocycles. The lowest BCUT2D eigenvalue weighted by atomic mass is 10.3. The first kappa shape index (κ1) is 13.8. The molecule has 0 bridgehead atoms. The molecule has 1 heterocycles. The number of sulfone groups is 1. The van der Waals surface area contributed by atoms with E-state index in [0.717, 1.165) is 0 Å². The van der Waals surface area contributed by atoms with Crippen molar-refractivity contribution in [1.29, 1.82) is 0 Å². The number of rotatable bonds is 4. The van der Waals surface area contributed by atoms with Crippen LogP contribution in [-0.2, 0) is 22.1 Å². The summed E-state index contributed by atoms with van der Waals surface area (Å²) < 4.78 is 26.2. The monoisotopic (exact) mass is 300 g/mol. The summed E-state index contributed by atoms with van der Waals surface area (Å²) in [4.78, 5) is 3.96. The summed E-state index contributed by atoms with van der Waals surface area (Å²) in [6.07, 6.45) is 1.33. The highest BCUT2D eigenvalue weighted by Crippen LogP contribution is 2.26. The maximum atomic E-state index is 12.3. The van der Waals surface area contributed by atoms with Gasteiger partial charge in [0.1, 0.15) is 17.9 Å². The van der Waals surface area contributed by atoms with Gasteiger partial charge in [-0.1, -0.05) is 11.6 Å². The van der Waals surface area contributed by atoms with E-state index in [9.17, 15) is 8.42 Å². The molecule has 2 rings (SSSR count). The van der Waals surface area contributed by atoms with E-state index in [1.807, 2.05) is 6.92 Å². The van der Waals surface area contributed by atoms with Crippen molar-refractivity contribution in [3.05, 3.63) is 35.4 Å². The highest BCUT2D eigenvalue weighted by Gasteiger charge is 2.21. The number of aryl methyl sites for hydroxylation is 1. The Morgan fingerprint density at radius 3 is 2.84 bits per heavy atom. The highest BCUT2D eigenvalue weighted by atomic mass is 35.5. The van der Waals surface area contributed by atoms with Crippen molar-refractivity contribution in [2.45, 2.75) is 24.1 Å². The number of hydrogen-bond donors (Lipinski definition) is 1. The van der Waals surface area contributed by atoms with Gasteiger partial charge >= 0.3 is 0 Å². The number of halogens is 1. The molecule has 102 valence electrons. The molecule has 19 heavy (non-hydrogen) atoms. The summed E-state index contributed by atoms with van der Waals surface area (Å²) in [6.45, 7) is 2.41. The van der Waals surface area contributed by atoms with E-state index >= 15 is 0 Å². The van der Waals surface area contributed by atoms with Crippen LogP contribution in [0.2, 0.25) is 5.02 Å². The fraction of sp³-hybridized carbons (Fsp3) is 0.273. The molecule has 6 nitrogen and oxygen atoms in total. The van der Waals surface area contributed by atoms with Crippen molar-refractivity contribution in [2.24, 2.45) is 0 Å². The van der Waals surface area contributed by atoms with Crippen LogP contribution < -0.4 is 5.73 Å². The molecule has 0 spiro atoms. The number of anilines is 1. The number of nitrogens with zero attached hydrogens (tertiary/aromatic N) is 3. The van der Waals surface area contributed by atoms with Gasteiger partial charge in [0, 0.05) is 12.2 Å². The number of benzene rings is 1. The molecule has 0 saturated heterocycles. The number of hydrogen-bond acceptors (Lipinski definition) is 5. The van der Waals surface area contributed by atoms with Gasteiger partial charge in [-0.3, -0.25) is 0 Å². The SMILES string of the molecule is CCn1ncnc1CS(=O)(=O)c1cc(N)ccc1Cl. The van der Waals surface area contributed by atoms with Gasteiger partial charge in [0.25, 0.3) is 0 Å². The van der Waals surface area contributed by atoms with Crippen molar-refractivity contribution >= 4 is 27.1 Å². The molecule has 0 amide bonds. The van der Waals surface area contributed by atoms with Crippen molar-refractivity contribution in [2.75, 3.05) is 5.73 Å². The van der Waals surface area contributed by atoms with E-state index in [0.29, 0.717) is 18.1 Å². The number of aromatic nitrogens is 3. The lowest BCUT2D eigenvalue weighted by molar-refractivity contribution is 0.584. The van der Waals surface area contributed by atoms with E-state index < -0.39 is 9.84 Å². The van der Waals surface area contributed by atoms with Crippen molar-refractivity contribution in [1.82, 2.24) is 14.8 Å². The Morgan fingerprint density at radius 2 is 2.16 bits per heavy atom. The molecule has 0 aliphatic heterocycles. The van der Waals surface area contributed by atoms with E-state index in [1.54, 1.807) is 6.07 Å². The molecule has 2 aromatic rings. The van der Waals surface area contributed by atoms with Crippen LogP contribution in [0.1, 0.15) is 12.7 Å². The van der Waals surface area contributed by atoms with Crippen LogP contribution in [-0.4, -0.2) is 23.2 Å². The maximum Gasteiger partial charge on any atom is 0.187 e. The van der Waals surface area contributed by atoms with E-state index in [2.05, 4.69) is 10.1 Å². The van der Waals surface area contributed by atoms with E-state index in [1.165, 1.54) is 23.1 Å². The van der Waals surface area contributed by atoms with Crippen LogP contribution in [0.3, 0.4) is 0 Å². The molecule has 0 saturated carbocycles. The van der Waals surface area contributed by atoms with Crippen molar-refractivity contribution in [3.8, 4) is 0 Å². The molecular weight excluding hydrogens is 288 g/mol. The molecule has 0 atom stereocenters. The van der Waals surface area contributed by atoms with E-state index in [-0.39, 0.29) is 15.7 Å². The van der Waals surface area contributed by atoms with Crippen molar-refractivity contribution < 1.29 is 8.42 Å². The predicted octanol–water partition coefficient (Wildman–Crippen LogP) is 1.51. The maximum absolute atomic E-state index is 12.3. The lowest BCUT2D eigenvalue weighted by Gasteiger charge is -2.07. The third-order valence-corrected chi connectivity index (χ3v) is 4.69. The van der Waals surface area contributed by atoms with Gasteiger partial charge in [-0.15, -0.1) is 0 Å². The Hall–Kier alpha value is -1.60. The van der Waals surface area contributed by atoms with Gasteiger partial charge in [0.15, 0.2) is 9.84 Å². The van der Waals surface area contributed by atoms with Crippen LogP contribution >= 0.6 is 11.6 Å². The first-order valence-corrected chi connectivity index (χ1v) is 7.61. The Labute approximate surface area is 116 Å². The van der Waals surface area contributed by atoms with Gasteiger partial charge in [0.2, 0.25) is 0 Å². The molecule has 1 aromatic heterocycles. The molecule has 8 heteroatoms. The zero-order valence-electron chi connectivity index (χ0n) is 10.2. The summed E-state index contributed by atoms with van der Waals surface area (Å²) in [5, 5.41) is 4.09. The smallest absolute Gasteiger partial charge is 0.187 e. The molecule has 0 fully saturated rings. The second-order valence-corrected chi connectivity index (χ2v) is 6.31. The fourth-order valence-corrected chi connectivity index (χ4v) is 3.54. The summed E-state index contributed by atoms with van der Waals surface area (Å²) in [7, 11) is -3.60. The van der Waals surface area contributed by atoms with E-state index in [4.69, 9.17) is 17.3 Å². The zero-order chi connectivity index (χ0) is 14.0. The van der Waals surface area contributed by atoms with Crippen LogP contribution in [0.5, 0.6) is 0 Å². The van der Waals surface area contributed by atoms with Crippen molar-refractivity contribution in [3.63, 3.8) is 0 Å². The molecule has 0 radical (unpaired) electrons. The largest absolute Gasteiger partial charge is 0.399 e. The highest BCUT2D eigenvalue weighted by molar-refractivity contribution is 7.90. The van der Waals surface area contributed by atoms with Crippen LogP contribution in [0.4, 0.5) is 5.69 Å². The third kappa shape index (κ3) is 2.87.